The first kappa shape index (κ1) is 19.1. The molecule has 0 spiro atoms. The lowest BCUT2D eigenvalue weighted by molar-refractivity contribution is -0.120. The van der Waals surface area contributed by atoms with Crippen LogP contribution in [0.2, 0.25) is 10.0 Å². The molecule has 0 heterocycles. The molecule has 2 amide bonds. The number of halogens is 2. The van der Waals surface area contributed by atoms with Gasteiger partial charge in [0, 0.05) is 11.9 Å². The van der Waals surface area contributed by atoms with Crippen LogP contribution in [-0.2, 0) is 9.59 Å². The molecule has 0 unspecified atom stereocenters. The number of benzene rings is 2. The summed E-state index contributed by atoms with van der Waals surface area (Å²) in [4.78, 5) is 25.8. The Labute approximate surface area is 156 Å². The van der Waals surface area contributed by atoms with E-state index in [2.05, 4.69) is 5.32 Å². The molecular weight excluding hydrogens is 363 g/mol. The molecule has 132 valence electrons. The van der Waals surface area contributed by atoms with Crippen LogP contribution in [-0.4, -0.2) is 25.5 Å². The van der Waals surface area contributed by atoms with Crippen molar-refractivity contribution in [3.8, 4) is 5.75 Å². The number of ether oxygens (including phenoxy) is 1. The van der Waals surface area contributed by atoms with Crippen LogP contribution in [0.5, 0.6) is 5.75 Å². The van der Waals surface area contributed by atoms with Crippen LogP contribution >= 0.6 is 23.2 Å². The van der Waals surface area contributed by atoms with Crippen molar-refractivity contribution in [1.29, 1.82) is 0 Å². The highest BCUT2D eigenvalue weighted by Crippen LogP contribution is 2.30. The van der Waals surface area contributed by atoms with Gasteiger partial charge in [-0.2, -0.15) is 0 Å². The third-order valence-electron chi connectivity index (χ3n) is 3.51. The molecule has 0 atom stereocenters. The van der Waals surface area contributed by atoms with Crippen LogP contribution in [0.1, 0.15) is 12.5 Å². The van der Waals surface area contributed by atoms with Crippen molar-refractivity contribution in [1.82, 2.24) is 0 Å². The van der Waals surface area contributed by atoms with E-state index in [-0.39, 0.29) is 12.5 Å². The summed E-state index contributed by atoms with van der Waals surface area (Å²) < 4.78 is 5.30. The van der Waals surface area contributed by atoms with Crippen molar-refractivity contribution in [2.24, 2.45) is 0 Å². The number of aryl methyl sites for hydroxylation is 1. The lowest BCUT2D eigenvalue weighted by Crippen LogP contribution is -2.37. The standard InChI is InChI=1S/C18H18Cl2N2O3/c1-11-4-7-17(25-3)16(8-11)22(12(2)23)10-18(24)21-15-9-13(19)5-6-14(15)20/h4-9H,10H2,1-3H3,(H,21,24). The summed E-state index contributed by atoms with van der Waals surface area (Å²) in [7, 11) is 1.51. The summed E-state index contributed by atoms with van der Waals surface area (Å²) in [6.45, 7) is 3.10. The van der Waals surface area contributed by atoms with E-state index in [0.717, 1.165) is 5.56 Å². The molecule has 0 aromatic heterocycles. The van der Waals surface area contributed by atoms with E-state index in [4.69, 9.17) is 27.9 Å². The average Bonchev–Trinajstić information content (AvgIpc) is 2.55. The number of carbonyl (C=O) groups is 2. The Balaban J connectivity index is 2.25. The number of anilines is 2. The Morgan fingerprint density at radius 1 is 1.16 bits per heavy atom. The van der Waals surface area contributed by atoms with Gasteiger partial charge in [0.1, 0.15) is 12.3 Å². The Kier molecular flexibility index (Phi) is 6.28. The normalized spacial score (nSPS) is 10.3. The summed E-state index contributed by atoms with van der Waals surface area (Å²) >= 11 is 12.0. The Hall–Kier alpha value is -2.24. The largest absolute Gasteiger partial charge is 0.495 e. The van der Waals surface area contributed by atoms with E-state index in [9.17, 15) is 9.59 Å². The molecule has 0 bridgehead atoms. The molecule has 2 aromatic rings. The molecular formula is C18H18Cl2N2O3. The fourth-order valence-electron chi connectivity index (χ4n) is 2.30. The quantitative estimate of drug-likeness (QED) is 0.840. The van der Waals surface area contributed by atoms with Gasteiger partial charge in [0.05, 0.1) is 23.5 Å². The monoisotopic (exact) mass is 380 g/mol. The Morgan fingerprint density at radius 3 is 2.52 bits per heavy atom. The second kappa shape index (κ2) is 8.23. The molecule has 0 fully saturated rings. The maximum atomic E-state index is 12.4. The predicted molar refractivity (Wildman–Crippen MR) is 101 cm³/mol. The number of amides is 2. The van der Waals surface area contributed by atoms with Gasteiger partial charge >= 0.3 is 0 Å². The van der Waals surface area contributed by atoms with Crippen LogP contribution in [0.25, 0.3) is 0 Å². The van der Waals surface area contributed by atoms with Gasteiger partial charge in [0.25, 0.3) is 0 Å². The second-order valence-electron chi connectivity index (χ2n) is 5.45. The van der Waals surface area contributed by atoms with Crippen molar-refractivity contribution < 1.29 is 14.3 Å². The van der Waals surface area contributed by atoms with E-state index in [1.54, 1.807) is 30.3 Å². The summed E-state index contributed by atoms with van der Waals surface area (Å²) in [6.07, 6.45) is 0. The minimum Gasteiger partial charge on any atom is -0.495 e. The highest BCUT2D eigenvalue weighted by atomic mass is 35.5. The Bertz CT molecular complexity index is 809. The molecule has 5 nitrogen and oxygen atoms in total. The summed E-state index contributed by atoms with van der Waals surface area (Å²) in [6, 6.07) is 10.2. The van der Waals surface area contributed by atoms with Gasteiger partial charge in [0.2, 0.25) is 11.8 Å². The molecule has 0 aliphatic carbocycles. The fraction of sp³-hybridized carbons (Fsp3) is 0.222. The zero-order chi connectivity index (χ0) is 18.6. The number of methoxy groups -OCH3 is 1. The van der Waals surface area contributed by atoms with Crippen molar-refractivity contribution >= 4 is 46.4 Å². The van der Waals surface area contributed by atoms with E-state index in [1.165, 1.54) is 18.9 Å². The van der Waals surface area contributed by atoms with Crippen LogP contribution < -0.4 is 15.0 Å². The molecule has 0 aliphatic rings. The number of nitrogens with one attached hydrogen (secondary N) is 1. The van der Waals surface area contributed by atoms with E-state index >= 15 is 0 Å². The number of hydrogen-bond donors (Lipinski definition) is 1. The third kappa shape index (κ3) is 4.87. The summed E-state index contributed by atoms with van der Waals surface area (Å²) in [5.74, 6) is -0.173. The van der Waals surface area contributed by atoms with Gasteiger partial charge in [0.15, 0.2) is 0 Å². The van der Waals surface area contributed by atoms with Gasteiger partial charge in [-0.05, 0) is 42.8 Å². The molecule has 1 N–H and O–H groups in total. The molecule has 0 radical (unpaired) electrons. The molecule has 0 saturated heterocycles. The van der Waals surface area contributed by atoms with Gasteiger partial charge < -0.3 is 10.1 Å². The molecule has 25 heavy (non-hydrogen) atoms. The highest BCUT2D eigenvalue weighted by Gasteiger charge is 2.20. The summed E-state index contributed by atoms with van der Waals surface area (Å²) in [5, 5.41) is 3.48. The first-order valence-corrected chi connectivity index (χ1v) is 8.25. The molecule has 2 rings (SSSR count). The van der Waals surface area contributed by atoms with Gasteiger partial charge in [-0.3, -0.25) is 14.5 Å². The van der Waals surface area contributed by atoms with E-state index in [0.29, 0.717) is 27.2 Å². The fourth-order valence-corrected chi connectivity index (χ4v) is 2.64. The smallest absolute Gasteiger partial charge is 0.244 e. The lowest BCUT2D eigenvalue weighted by Gasteiger charge is -2.23. The van der Waals surface area contributed by atoms with Gasteiger partial charge in [-0.15, -0.1) is 0 Å². The third-order valence-corrected chi connectivity index (χ3v) is 4.07. The maximum absolute atomic E-state index is 12.4. The predicted octanol–water partition coefficient (Wildman–Crippen LogP) is 4.30. The zero-order valence-corrected chi connectivity index (χ0v) is 15.6. The van der Waals surface area contributed by atoms with Crippen LogP contribution in [0.3, 0.4) is 0 Å². The van der Waals surface area contributed by atoms with Crippen LogP contribution in [0.4, 0.5) is 11.4 Å². The molecule has 2 aromatic carbocycles. The highest BCUT2D eigenvalue weighted by molar-refractivity contribution is 6.35. The van der Waals surface area contributed by atoms with Crippen molar-refractivity contribution in [2.45, 2.75) is 13.8 Å². The second-order valence-corrected chi connectivity index (χ2v) is 6.30. The van der Waals surface area contributed by atoms with Crippen molar-refractivity contribution in [3.63, 3.8) is 0 Å². The molecule has 7 heteroatoms. The number of carbonyl (C=O) groups excluding carboxylic acids is 2. The van der Waals surface area contributed by atoms with Crippen molar-refractivity contribution in [3.05, 3.63) is 52.0 Å². The van der Waals surface area contributed by atoms with E-state index in [1.807, 2.05) is 13.0 Å². The number of nitrogens with zero attached hydrogens (tertiary/aromatic N) is 1. The average molecular weight is 381 g/mol. The first-order valence-electron chi connectivity index (χ1n) is 7.49. The number of rotatable bonds is 5. The van der Waals surface area contributed by atoms with Crippen molar-refractivity contribution in [2.75, 3.05) is 23.9 Å². The maximum Gasteiger partial charge on any atom is 0.244 e. The minimum absolute atomic E-state index is 0.183. The van der Waals surface area contributed by atoms with Crippen LogP contribution in [0.15, 0.2) is 36.4 Å². The lowest BCUT2D eigenvalue weighted by atomic mass is 10.2. The molecule has 0 aliphatic heterocycles. The molecule has 0 saturated carbocycles. The van der Waals surface area contributed by atoms with Gasteiger partial charge in [-0.1, -0.05) is 29.3 Å². The SMILES string of the molecule is COc1ccc(C)cc1N(CC(=O)Nc1cc(Cl)ccc1Cl)C(C)=O. The Morgan fingerprint density at radius 2 is 1.88 bits per heavy atom. The topological polar surface area (TPSA) is 58.6 Å². The van der Waals surface area contributed by atoms with Gasteiger partial charge in [-0.25, -0.2) is 0 Å². The summed E-state index contributed by atoms with van der Waals surface area (Å²) in [5.41, 5.74) is 1.86. The van der Waals surface area contributed by atoms with Crippen LogP contribution in [0, 0.1) is 6.92 Å². The zero-order valence-electron chi connectivity index (χ0n) is 14.1. The van der Waals surface area contributed by atoms with E-state index < -0.39 is 5.91 Å². The number of hydrogen-bond acceptors (Lipinski definition) is 3. The first-order chi connectivity index (χ1) is 11.8. The minimum atomic E-state index is -0.400.